The van der Waals surface area contributed by atoms with E-state index in [1.807, 2.05) is 30.4 Å². The van der Waals surface area contributed by atoms with Gasteiger partial charge in [-0.25, -0.2) is 9.18 Å². The van der Waals surface area contributed by atoms with Crippen molar-refractivity contribution < 1.29 is 19.1 Å². The molecule has 0 spiro atoms. The Morgan fingerprint density at radius 2 is 1.73 bits per heavy atom. The summed E-state index contributed by atoms with van der Waals surface area (Å²) in [6, 6.07) is 13.7. The van der Waals surface area contributed by atoms with Crippen molar-refractivity contribution in [2.75, 3.05) is 5.32 Å². The van der Waals surface area contributed by atoms with Gasteiger partial charge < -0.3 is 10.4 Å². The van der Waals surface area contributed by atoms with Crippen LogP contribution >= 0.6 is 0 Å². The summed E-state index contributed by atoms with van der Waals surface area (Å²) in [6.45, 7) is 2.06. The van der Waals surface area contributed by atoms with E-state index in [-0.39, 0.29) is 5.82 Å². The first-order valence-corrected chi connectivity index (χ1v) is 7.78. The van der Waals surface area contributed by atoms with E-state index >= 15 is 0 Å². The second-order valence-electron chi connectivity index (χ2n) is 5.06. The van der Waals surface area contributed by atoms with Gasteiger partial charge in [0.1, 0.15) is 12.1 Å². The SMILES string of the molecule is Cc1ccccc1/C=C/C=C/C=O.O=C(O)/C=C\Nc1ccc(F)cc1. The summed E-state index contributed by atoms with van der Waals surface area (Å²) < 4.78 is 12.4. The number of anilines is 1. The van der Waals surface area contributed by atoms with E-state index < -0.39 is 5.97 Å². The van der Waals surface area contributed by atoms with Crippen LogP contribution in [-0.4, -0.2) is 17.4 Å². The van der Waals surface area contributed by atoms with Crippen molar-refractivity contribution in [1.82, 2.24) is 0 Å². The molecule has 0 heterocycles. The minimum atomic E-state index is -1.03. The predicted octanol–water partition coefficient (Wildman–Crippen LogP) is 4.60. The first-order valence-electron chi connectivity index (χ1n) is 7.78. The fourth-order valence-corrected chi connectivity index (χ4v) is 1.80. The van der Waals surface area contributed by atoms with E-state index in [1.165, 1.54) is 47.7 Å². The van der Waals surface area contributed by atoms with Gasteiger partial charge in [-0.3, -0.25) is 4.79 Å². The van der Waals surface area contributed by atoms with E-state index in [1.54, 1.807) is 6.08 Å². The highest BCUT2D eigenvalue weighted by Crippen LogP contribution is 2.08. The molecule has 2 aromatic carbocycles. The predicted molar refractivity (Wildman–Crippen MR) is 102 cm³/mol. The lowest BCUT2D eigenvalue weighted by Gasteiger charge is -1.98. The number of halogens is 1. The molecule has 0 radical (unpaired) electrons. The lowest BCUT2D eigenvalue weighted by molar-refractivity contribution is -0.131. The van der Waals surface area contributed by atoms with Gasteiger partial charge in [-0.1, -0.05) is 42.5 Å². The minimum Gasteiger partial charge on any atom is -0.478 e. The average molecular weight is 353 g/mol. The number of benzene rings is 2. The number of hydrogen-bond acceptors (Lipinski definition) is 3. The molecule has 0 fully saturated rings. The summed E-state index contributed by atoms with van der Waals surface area (Å²) in [5, 5.41) is 10.9. The standard InChI is InChI=1S/C12H12O.C9H8FNO2/c1-11-7-4-5-9-12(11)8-3-2-6-10-13;10-7-1-3-8(4-2-7)11-6-5-9(12)13/h2-10H,1H3;1-6,11H,(H,12,13)/b6-2+,8-3+;6-5-. The smallest absolute Gasteiger partial charge is 0.329 e. The summed E-state index contributed by atoms with van der Waals surface area (Å²) in [4.78, 5) is 20.0. The molecule has 2 rings (SSSR count). The quantitative estimate of drug-likeness (QED) is 0.452. The second kappa shape index (κ2) is 12.0. The molecule has 0 saturated carbocycles. The Bertz CT molecular complexity index is 793. The first-order chi connectivity index (χ1) is 12.5. The van der Waals surface area contributed by atoms with Crippen LogP contribution in [0.2, 0.25) is 0 Å². The zero-order chi connectivity index (χ0) is 19.2. The third kappa shape index (κ3) is 8.98. The summed E-state index contributed by atoms with van der Waals surface area (Å²) in [5.74, 6) is -1.36. The summed E-state index contributed by atoms with van der Waals surface area (Å²) >= 11 is 0. The molecule has 0 aliphatic rings. The van der Waals surface area contributed by atoms with Crippen molar-refractivity contribution in [1.29, 1.82) is 0 Å². The second-order valence-corrected chi connectivity index (χ2v) is 5.06. The number of nitrogens with one attached hydrogen (secondary N) is 1. The molecule has 0 aromatic heterocycles. The Morgan fingerprint density at radius 1 is 1.04 bits per heavy atom. The molecule has 5 heteroatoms. The van der Waals surface area contributed by atoms with Gasteiger partial charge in [-0.2, -0.15) is 0 Å². The molecule has 0 amide bonds. The molecule has 0 unspecified atom stereocenters. The third-order valence-electron chi connectivity index (χ3n) is 3.09. The molecule has 134 valence electrons. The topological polar surface area (TPSA) is 66.4 Å². The highest BCUT2D eigenvalue weighted by molar-refractivity contribution is 5.80. The molecular weight excluding hydrogens is 333 g/mol. The molecular formula is C21H20FNO3. The lowest BCUT2D eigenvalue weighted by atomic mass is 10.1. The Hall–Kier alpha value is -3.47. The van der Waals surface area contributed by atoms with Crippen molar-refractivity contribution in [3.63, 3.8) is 0 Å². The molecule has 2 aromatic rings. The Kier molecular flexibility index (Phi) is 9.47. The normalized spacial score (nSPS) is 10.7. The number of carbonyl (C=O) groups is 2. The van der Waals surface area contributed by atoms with Gasteiger partial charge in [0.05, 0.1) is 0 Å². The maximum absolute atomic E-state index is 12.4. The van der Waals surface area contributed by atoms with Crippen molar-refractivity contribution in [2.45, 2.75) is 6.92 Å². The van der Waals surface area contributed by atoms with E-state index in [0.29, 0.717) is 5.69 Å². The Balaban J connectivity index is 0.000000260. The van der Waals surface area contributed by atoms with Crippen LogP contribution in [0.3, 0.4) is 0 Å². The monoisotopic (exact) mass is 353 g/mol. The van der Waals surface area contributed by atoms with Crippen molar-refractivity contribution in [3.05, 3.63) is 96.0 Å². The Morgan fingerprint density at radius 3 is 2.35 bits per heavy atom. The maximum atomic E-state index is 12.4. The van der Waals surface area contributed by atoms with Crippen LogP contribution in [0.1, 0.15) is 11.1 Å². The number of carboxylic acid groups (broad SMARTS) is 1. The fraction of sp³-hybridized carbons (Fsp3) is 0.0476. The van der Waals surface area contributed by atoms with Crippen molar-refractivity contribution >= 4 is 24.0 Å². The number of rotatable bonds is 6. The van der Waals surface area contributed by atoms with Crippen LogP contribution in [0.5, 0.6) is 0 Å². The third-order valence-corrected chi connectivity index (χ3v) is 3.09. The van der Waals surface area contributed by atoms with E-state index in [9.17, 15) is 14.0 Å². The highest BCUT2D eigenvalue weighted by atomic mass is 19.1. The van der Waals surface area contributed by atoms with Crippen LogP contribution in [-0.2, 0) is 9.59 Å². The molecule has 26 heavy (non-hydrogen) atoms. The molecule has 0 atom stereocenters. The number of carbonyl (C=O) groups excluding carboxylic acids is 1. The van der Waals surface area contributed by atoms with Crippen molar-refractivity contribution in [2.24, 2.45) is 0 Å². The largest absolute Gasteiger partial charge is 0.478 e. The van der Waals surface area contributed by atoms with E-state index in [4.69, 9.17) is 5.11 Å². The zero-order valence-electron chi connectivity index (χ0n) is 14.3. The average Bonchev–Trinajstić information content (AvgIpc) is 2.62. The van der Waals surface area contributed by atoms with Crippen LogP contribution < -0.4 is 5.32 Å². The highest BCUT2D eigenvalue weighted by Gasteiger charge is 1.90. The fourth-order valence-electron chi connectivity index (χ4n) is 1.80. The number of carboxylic acids is 1. The maximum Gasteiger partial charge on any atom is 0.329 e. The van der Waals surface area contributed by atoms with Crippen LogP contribution in [0, 0.1) is 12.7 Å². The van der Waals surface area contributed by atoms with E-state index in [2.05, 4.69) is 18.3 Å². The first kappa shape index (κ1) is 20.6. The number of aliphatic carboxylic acids is 1. The molecule has 0 saturated heterocycles. The van der Waals surface area contributed by atoms with Crippen LogP contribution in [0.15, 0.2) is 79.0 Å². The molecule has 0 aliphatic carbocycles. The lowest BCUT2D eigenvalue weighted by Crippen LogP contribution is -1.91. The minimum absolute atomic E-state index is 0.326. The molecule has 0 bridgehead atoms. The number of allylic oxidation sites excluding steroid dienone is 3. The zero-order valence-corrected chi connectivity index (χ0v) is 14.3. The van der Waals surface area contributed by atoms with Gasteiger partial charge in [0, 0.05) is 18.0 Å². The number of hydrogen-bond donors (Lipinski definition) is 2. The molecule has 4 nitrogen and oxygen atoms in total. The van der Waals surface area contributed by atoms with Crippen LogP contribution in [0.25, 0.3) is 6.08 Å². The summed E-state index contributed by atoms with van der Waals surface area (Å²) in [5.41, 5.74) is 3.05. The number of aldehydes is 1. The number of aryl methyl sites for hydroxylation is 1. The Labute approximate surface area is 152 Å². The van der Waals surface area contributed by atoms with Gasteiger partial charge in [-0.15, -0.1) is 0 Å². The molecule has 2 N–H and O–H groups in total. The van der Waals surface area contributed by atoms with Gasteiger partial charge in [0.25, 0.3) is 0 Å². The summed E-state index contributed by atoms with van der Waals surface area (Å²) in [7, 11) is 0. The van der Waals surface area contributed by atoms with E-state index in [0.717, 1.165) is 12.4 Å². The van der Waals surface area contributed by atoms with Crippen molar-refractivity contribution in [3.8, 4) is 0 Å². The van der Waals surface area contributed by atoms with Crippen LogP contribution in [0.4, 0.5) is 10.1 Å². The molecule has 0 aliphatic heterocycles. The van der Waals surface area contributed by atoms with Gasteiger partial charge >= 0.3 is 5.97 Å². The summed E-state index contributed by atoms with van der Waals surface area (Å²) in [6.07, 6.45) is 10.0. The van der Waals surface area contributed by atoms with Gasteiger partial charge in [0.2, 0.25) is 0 Å². The van der Waals surface area contributed by atoms with Gasteiger partial charge in [0.15, 0.2) is 0 Å². The van der Waals surface area contributed by atoms with Gasteiger partial charge in [-0.05, 0) is 48.4 Å².